The molecular weight excluding hydrogens is 398 g/mol. The predicted molar refractivity (Wildman–Crippen MR) is 124 cm³/mol. The lowest BCUT2D eigenvalue weighted by atomic mass is 10.1. The molecule has 1 heterocycles. The van der Waals surface area contributed by atoms with Gasteiger partial charge >= 0.3 is 0 Å². The van der Waals surface area contributed by atoms with Crippen molar-refractivity contribution in [3.63, 3.8) is 0 Å². The molecule has 1 amide bonds. The molecule has 3 aromatic rings. The van der Waals surface area contributed by atoms with Gasteiger partial charge in [0.15, 0.2) is 0 Å². The Hall–Kier alpha value is -3.62. The summed E-state index contributed by atoms with van der Waals surface area (Å²) in [7, 11) is 0. The van der Waals surface area contributed by atoms with Gasteiger partial charge in [-0.3, -0.25) is 9.69 Å². The van der Waals surface area contributed by atoms with Crippen LogP contribution in [-0.2, 0) is 13.2 Å². The summed E-state index contributed by atoms with van der Waals surface area (Å²) in [6, 6.07) is 27.3. The maximum absolute atomic E-state index is 13.0. The molecule has 0 saturated carbocycles. The van der Waals surface area contributed by atoms with Crippen molar-refractivity contribution >= 4 is 5.91 Å². The molecule has 1 aliphatic heterocycles. The molecule has 5 heteroatoms. The molecule has 4 rings (SSSR count). The van der Waals surface area contributed by atoms with Crippen molar-refractivity contribution in [3.05, 3.63) is 101 Å². The number of amides is 1. The monoisotopic (exact) mass is 425 g/mol. The third kappa shape index (κ3) is 5.75. The Kier molecular flexibility index (Phi) is 7.16. The predicted octanol–water partition coefficient (Wildman–Crippen LogP) is 4.49. The summed E-state index contributed by atoms with van der Waals surface area (Å²) in [5.74, 6) is 0.920. The minimum absolute atomic E-state index is 0.0840. The van der Waals surface area contributed by atoms with Crippen LogP contribution in [0.25, 0.3) is 0 Å². The molecule has 0 atom stereocenters. The van der Waals surface area contributed by atoms with Crippen LogP contribution in [0, 0.1) is 11.3 Å². The number of nitrogens with zero attached hydrogens (tertiary/aromatic N) is 3. The van der Waals surface area contributed by atoms with Crippen LogP contribution in [0.15, 0.2) is 78.9 Å². The first-order valence-corrected chi connectivity index (χ1v) is 11.0. The van der Waals surface area contributed by atoms with E-state index in [4.69, 9.17) is 10.00 Å². The molecule has 1 saturated heterocycles. The highest BCUT2D eigenvalue weighted by Crippen LogP contribution is 2.15. The SMILES string of the molecule is N#Cc1ccc(CN2CCCN(C(=O)c3ccc(COc4ccccc4)cc3)CC2)cc1. The van der Waals surface area contributed by atoms with E-state index in [-0.39, 0.29) is 5.91 Å². The largest absolute Gasteiger partial charge is 0.489 e. The maximum Gasteiger partial charge on any atom is 0.253 e. The highest BCUT2D eigenvalue weighted by Gasteiger charge is 2.20. The lowest BCUT2D eigenvalue weighted by Crippen LogP contribution is -2.35. The van der Waals surface area contributed by atoms with Gasteiger partial charge in [0, 0.05) is 38.3 Å². The average molecular weight is 426 g/mol. The average Bonchev–Trinajstić information content (AvgIpc) is 3.09. The van der Waals surface area contributed by atoms with E-state index < -0.39 is 0 Å². The number of carbonyl (C=O) groups is 1. The van der Waals surface area contributed by atoms with Crippen molar-refractivity contribution in [1.82, 2.24) is 9.80 Å². The van der Waals surface area contributed by atoms with E-state index in [9.17, 15) is 4.79 Å². The number of rotatable bonds is 6. The van der Waals surface area contributed by atoms with E-state index in [2.05, 4.69) is 11.0 Å². The molecular formula is C27H27N3O2. The molecule has 0 spiro atoms. The standard InChI is InChI=1S/C27H27N3O2/c28-19-22-7-9-23(10-8-22)20-29-15-4-16-30(18-17-29)27(31)25-13-11-24(12-14-25)21-32-26-5-2-1-3-6-26/h1-3,5-14H,4,15-18,20-21H2. The summed E-state index contributed by atoms with van der Waals surface area (Å²) in [6.45, 7) is 4.60. The molecule has 0 bridgehead atoms. The second-order valence-electron chi connectivity index (χ2n) is 8.03. The smallest absolute Gasteiger partial charge is 0.253 e. The highest BCUT2D eigenvalue weighted by molar-refractivity contribution is 5.94. The van der Waals surface area contributed by atoms with Crippen LogP contribution in [0.2, 0.25) is 0 Å². The normalized spacial score (nSPS) is 14.4. The summed E-state index contributed by atoms with van der Waals surface area (Å²) >= 11 is 0. The minimum atomic E-state index is 0.0840. The Morgan fingerprint density at radius 2 is 1.56 bits per heavy atom. The molecule has 162 valence electrons. The van der Waals surface area contributed by atoms with Crippen LogP contribution in [0.5, 0.6) is 5.75 Å². The lowest BCUT2D eigenvalue weighted by Gasteiger charge is -2.22. The Balaban J connectivity index is 1.29. The molecule has 1 aliphatic rings. The van der Waals surface area contributed by atoms with Crippen LogP contribution in [0.4, 0.5) is 0 Å². The second kappa shape index (κ2) is 10.6. The molecule has 1 fully saturated rings. The molecule has 0 N–H and O–H groups in total. The number of ether oxygens (including phenoxy) is 1. The first-order chi connectivity index (χ1) is 15.7. The zero-order chi connectivity index (χ0) is 22.2. The van der Waals surface area contributed by atoms with E-state index in [0.717, 1.165) is 43.9 Å². The third-order valence-corrected chi connectivity index (χ3v) is 5.71. The molecule has 3 aromatic carbocycles. The van der Waals surface area contributed by atoms with E-state index in [1.165, 1.54) is 5.56 Å². The van der Waals surface area contributed by atoms with Gasteiger partial charge in [-0.1, -0.05) is 42.5 Å². The van der Waals surface area contributed by atoms with Crippen molar-refractivity contribution in [3.8, 4) is 11.8 Å². The van der Waals surface area contributed by atoms with Crippen molar-refractivity contribution in [2.45, 2.75) is 19.6 Å². The van der Waals surface area contributed by atoms with Gasteiger partial charge in [-0.25, -0.2) is 0 Å². The quantitative estimate of drug-likeness (QED) is 0.584. The van der Waals surface area contributed by atoms with Crippen LogP contribution < -0.4 is 4.74 Å². The van der Waals surface area contributed by atoms with E-state index in [0.29, 0.717) is 24.3 Å². The van der Waals surface area contributed by atoms with Gasteiger partial charge in [0.05, 0.1) is 11.6 Å². The summed E-state index contributed by atoms with van der Waals surface area (Å²) < 4.78 is 5.78. The molecule has 0 unspecified atom stereocenters. The molecule has 0 aromatic heterocycles. The molecule has 0 aliphatic carbocycles. The van der Waals surface area contributed by atoms with Gasteiger partial charge in [-0.15, -0.1) is 0 Å². The fraction of sp³-hybridized carbons (Fsp3) is 0.259. The summed E-state index contributed by atoms with van der Waals surface area (Å²) in [5.41, 5.74) is 3.62. The first kappa shape index (κ1) is 21.6. The Labute approximate surface area is 189 Å². The Morgan fingerprint density at radius 1 is 0.844 bits per heavy atom. The fourth-order valence-electron chi connectivity index (χ4n) is 3.88. The van der Waals surface area contributed by atoms with Crippen molar-refractivity contribution in [1.29, 1.82) is 5.26 Å². The van der Waals surface area contributed by atoms with Gasteiger partial charge in [0.1, 0.15) is 12.4 Å². The van der Waals surface area contributed by atoms with Gasteiger partial charge in [-0.2, -0.15) is 5.26 Å². The second-order valence-corrected chi connectivity index (χ2v) is 8.03. The van der Waals surface area contributed by atoms with Crippen LogP contribution in [0.3, 0.4) is 0 Å². The Morgan fingerprint density at radius 3 is 2.28 bits per heavy atom. The highest BCUT2D eigenvalue weighted by atomic mass is 16.5. The van der Waals surface area contributed by atoms with Crippen molar-refractivity contribution in [2.24, 2.45) is 0 Å². The number of para-hydroxylation sites is 1. The maximum atomic E-state index is 13.0. The van der Waals surface area contributed by atoms with E-state index >= 15 is 0 Å². The summed E-state index contributed by atoms with van der Waals surface area (Å²) in [4.78, 5) is 17.4. The number of nitriles is 1. The number of hydrogen-bond acceptors (Lipinski definition) is 4. The van der Waals surface area contributed by atoms with Gasteiger partial charge in [-0.05, 0) is 53.9 Å². The van der Waals surface area contributed by atoms with Gasteiger partial charge in [0.25, 0.3) is 5.91 Å². The number of carbonyl (C=O) groups excluding carboxylic acids is 1. The van der Waals surface area contributed by atoms with Crippen LogP contribution >= 0.6 is 0 Å². The van der Waals surface area contributed by atoms with Crippen molar-refractivity contribution < 1.29 is 9.53 Å². The topological polar surface area (TPSA) is 56.6 Å². The Bertz CT molecular complexity index is 1060. The minimum Gasteiger partial charge on any atom is -0.489 e. The zero-order valence-corrected chi connectivity index (χ0v) is 18.1. The van der Waals surface area contributed by atoms with Gasteiger partial charge < -0.3 is 9.64 Å². The van der Waals surface area contributed by atoms with Crippen LogP contribution in [-0.4, -0.2) is 41.9 Å². The third-order valence-electron chi connectivity index (χ3n) is 5.71. The molecule has 0 radical (unpaired) electrons. The van der Waals surface area contributed by atoms with Gasteiger partial charge in [0.2, 0.25) is 0 Å². The van der Waals surface area contributed by atoms with E-state index in [1.807, 2.05) is 83.8 Å². The summed E-state index contributed by atoms with van der Waals surface area (Å²) in [6.07, 6.45) is 0.949. The van der Waals surface area contributed by atoms with Crippen molar-refractivity contribution in [2.75, 3.05) is 26.2 Å². The number of hydrogen-bond donors (Lipinski definition) is 0. The number of benzene rings is 3. The van der Waals surface area contributed by atoms with E-state index in [1.54, 1.807) is 0 Å². The molecule has 5 nitrogen and oxygen atoms in total. The molecule has 32 heavy (non-hydrogen) atoms. The fourth-order valence-corrected chi connectivity index (χ4v) is 3.88. The summed E-state index contributed by atoms with van der Waals surface area (Å²) in [5, 5.41) is 8.95. The van der Waals surface area contributed by atoms with Crippen LogP contribution in [0.1, 0.15) is 33.5 Å². The first-order valence-electron chi connectivity index (χ1n) is 11.0. The zero-order valence-electron chi connectivity index (χ0n) is 18.1. The lowest BCUT2D eigenvalue weighted by molar-refractivity contribution is 0.0761.